The Labute approximate surface area is 255 Å². The topological polar surface area (TPSA) is 53.3 Å². The standard InChI is InChI=1S/C34H49F2N5O2/c1-9-40(23(4)5)34(42)30-18-27(35)12-13-28(30)29-17-25(21-41-24(6)37-33(36)32(29)41)26-19-39(20-26)31(22(2)3)11-10-14-38(7)15-16-43-8/h12-13,17-18,21-23,26,31H,9-11,14-16,19-20H2,1-8H3/t31-/m1/s1. The van der Waals surface area contributed by atoms with Gasteiger partial charge >= 0.3 is 0 Å². The molecule has 0 aliphatic carbocycles. The molecule has 1 aliphatic rings. The number of benzene rings is 1. The monoisotopic (exact) mass is 597 g/mol. The summed E-state index contributed by atoms with van der Waals surface area (Å²) in [5.74, 6) is -0.0250. The molecule has 0 bridgehead atoms. The first-order chi connectivity index (χ1) is 20.5. The summed E-state index contributed by atoms with van der Waals surface area (Å²) in [4.78, 5) is 24.4. The first-order valence-corrected chi connectivity index (χ1v) is 15.7. The average Bonchev–Trinajstić information content (AvgIpc) is 3.22. The van der Waals surface area contributed by atoms with Crippen LogP contribution in [0.5, 0.6) is 0 Å². The lowest BCUT2D eigenvalue weighted by Gasteiger charge is -2.46. The third-order valence-electron chi connectivity index (χ3n) is 8.95. The zero-order valence-corrected chi connectivity index (χ0v) is 27.2. The van der Waals surface area contributed by atoms with E-state index in [9.17, 15) is 9.18 Å². The number of amides is 1. The zero-order chi connectivity index (χ0) is 31.4. The summed E-state index contributed by atoms with van der Waals surface area (Å²) in [6.45, 7) is 17.2. The number of aryl methyl sites for hydroxylation is 1. The van der Waals surface area contributed by atoms with Crippen molar-refractivity contribution in [2.45, 2.75) is 72.4 Å². The van der Waals surface area contributed by atoms with Crippen molar-refractivity contribution >= 4 is 11.4 Å². The van der Waals surface area contributed by atoms with Gasteiger partial charge in [0.05, 0.1) is 12.2 Å². The molecule has 1 saturated heterocycles. The van der Waals surface area contributed by atoms with Gasteiger partial charge in [-0.15, -0.1) is 0 Å². The number of aromatic nitrogens is 2. The Morgan fingerprint density at radius 1 is 1.12 bits per heavy atom. The number of halogens is 2. The van der Waals surface area contributed by atoms with E-state index in [0.29, 0.717) is 41.0 Å². The van der Waals surface area contributed by atoms with Crippen LogP contribution in [0.4, 0.5) is 8.78 Å². The second-order valence-electron chi connectivity index (χ2n) is 12.6. The van der Waals surface area contributed by atoms with Gasteiger partial charge in [-0.2, -0.15) is 4.39 Å². The zero-order valence-electron chi connectivity index (χ0n) is 27.2. The summed E-state index contributed by atoms with van der Waals surface area (Å²) >= 11 is 0. The lowest BCUT2D eigenvalue weighted by molar-refractivity contribution is 0.0567. The minimum Gasteiger partial charge on any atom is -0.383 e. The lowest BCUT2D eigenvalue weighted by atomic mass is 9.85. The van der Waals surface area contributed by atoms with Crippen LogP contribution in [0, 0.1) is 24.6 Å². The van der Waals surface area contributed by atoms with Crippen LogP contribution in [0.15, 0.2) is 30.5 Å². The highest BCUT2D eigenvalue weighted by Gasteiger charge is 2.35. The molecular formula is C34H49F2N5O2. The number of pyridine rings is 1. The second kappa shape index (κ2) is 14.3. The number of hydrogen-bond acceptors (Lipinski definition) is 5. The van der Waals surface area contributed by atoms with Crippen molar-refractivity contribution < 1.29 is 18.3 Å². The van der Waals surface area contributed by atoms with Crippen LogP contribution in [0.3, 0.4) is 0 Å². The Bertz CT molecular complexity index is 1400. The number of fused-ring (bicyclic) bond motifs is 1. The van der Waals surface area contributed by atoms with E-state index in [4.69, 9.17) is 4.74 Å². The summed E-state index contributed by atoms with van der Waals surface area (Å²) < 4.78 is 36.9. The third-order valence-corrected chi connectivity index (χ3v) is 8.95. The van der Waals surface area contributed by atoms with Crippen molar-refractivity contribution in [2.24, 2.45) is 5.92 Å². The molecule has 3 heterocycles. The van der Waals surface area contributed by atoms with Crippen LogP contribution >= 0.6 is 0 Å². The molecule has 1 aromatic carbocycles. The van der Waals surface area contributed by atoms with Crippen molar-refractivity contribution in [2.75, 3.05) is 53.5 Å². The van der Waals surface area contributed by atoms with Gasteiger partial charge in [0.1, 0.15) is 17.2 Å². The highest BCUT2D eigenvalue weighted by molar-refractivity contribution is 6.03. The number of ether oxygens (including phenoxy) is 1. The SMILES string of the molecule is CCN(C(=O)c1cc(F)ccc1-c1cc(C2CN([C@H](CCCN(C)CCOC)C(C)C)C2)cn2c(C)nc(F)c12)C(C)C. The predicted molar refractivity (Wildman–Crippen MR) is 169 cm³/mol. The summed E-state index contributed by atoms with van der Waals surface area (Å²) in [5.41, 5.74) is 2.70. The fourth-order valence-corrected chi connectivity index (χ4v) is 6.45. The first kappa shape index (κ1) is 33.0. The van der Waals surface area contributed by atoms with E-state index in [2.05, 4.69) is 35.7 Å². The maximum Gasteiger partial charge on any atom is 0.254 e. The maximum absolute atomic E-state index is 15.3. The predicted octanol–water partition coefficient (Wildman–Crippen LogP) is 6.24. The van der Waals surface area contributed by atoms with E-state index >= 15 is 4.39 Å². The van der Waals surface area contributed by atoms with Crippen molar-refractivity contribution in [1.82, 2.24) is 24.1 Å². The second-order valence-corrected chi connectivity index (χ2v) is 12.6. The smallest absolute Gasteiger partial charge is 0.254 e. The minimum absolute atomic E-state index is 0.0606. The van der Waals surface area contributed by atoms with Gasteiger partial charge in [0.2, 0.25) is 5.95 Å². The Morgan fingerprint density at radius 2 is 1.84 bits per heavy atom. The highest BCUT2D eigenvalue weighted by Crippen LogP contribution is 2.38. The maximum atomic E-state index is 15.3. The van der Waals surface area contributed by atoms with Gasteiger partial charge in [0.15, 0.2) is 0 Å². The van der Waals surface area contributed by atoms with Gasteiger partial charge in [0.25, 0.3) is 5.91 Å². The number of methoxy groups -OCH3 is 1. The lowest BCUT2D eigenvalue weighted by Crippen LogP contribution is -2.52. The number of imidazole rings is 1. The average molecular weight is 598 g/mol. The Kier molecular flexibility index (Phi) is 11.0. The summed E-state index contributed by atoms with van der Waals surface area (Å²) in [6, 6.07) is 6.63. The molecule has 236 valence electrons. The molecule has 1 aliphatic heterocycles. The van der Waals surface area contributed by atoms with Crippen molar-refractivity contribution in [1.29, 1.82) is 0 Å². The Balaban J connectivity index is 1.63. The van der Waals surface area contributed by atoms with Crippen LogP contribution in [0.2, 0.25) is 0 Å². The van der Waals surface area contributed by atoms with Crippen molar-refractivity contribution in [3.8, 4) is 11.1 Å². The van der Waals surface area contributed by atoms with Crippen LogP contribution in [-0.2, 0) is 4.74 Å². The van der Waals surface area contributed by atoms with Crippen LogP contribution < -0.4 is 0 Å². The molecular weight excluding hydrogens is 548 g/mol. The quantitative estimate of drug-likeness (QED) is 0.220. The number of hydrogen-bond donors (Lipinski definition) is 0. The summed E-state index contributed by atoms with van der Waals surface area (Å²) in [5, 5.41) is 0. The number of carbonyl (C=O) groups is 1. The molecule has 0 N–H and O–H groups in total. The normalized spacial score (nSPS) is 15.2. The van der Waals surface area contributed by atoms with Gasteiger partial charge in [-0.3, -0.25) is 9.69 Å². The molecule has 0 saturated carbocycles. The first-order valence-electron chi connectivity index (χ1n) is 15.7. The molecule has 4 rings (SSSR count). The van der Waals surface area contributed by atoms with E-state index in [0.717, 1.165) is 51.2 Å². The fourth-order valence-electron chi connectivity index (χ4n) is 6.45. The van der Waals surface area contributed by atoms with Crippen LogP contribution in [0.25, 0.3) is 16.6 Å². The Hall–Kier alpha value is -2.88. The molecule has 1 fully saturated rings. The third kappa shape index (κ3) is 7.27. The number of rotatable bonds is 14. The molecule has 0 unspecified atom stereocenters. The van der Waals surface area contributed by atoms with Gasteiger partial charge in [-0.25, -0.2) is 9.37 Å². The molecule has 0 spiro atoms. The fraction of sp³-hybridized carbons (Fsp3) is 0.588. The van der Waals surface area contributed by atoms with E-state index in [1.54, 1.807) is 29.4 Å². The molecule has 0 radical (unpaired) electrons. The molecule has 43 heavy (non-hydrogen) atoms. The van der Waals surface area contributed by atoms with Gasteiger partial charge < -0.3 is 18.9 Å². The van der Waals surface area contributed by atoms with Crippen molar-refractivity contribution in [3.63, 3.8) is 0 Å². The molecule has 7 nitrogen and oxygen atoms in total. The number of likely N-dealkylation sites (tertiary alicyclic amines) is 1. The number of nitrogens with zero attached hydrogens (tertiary/aromatic N) is 5. The highest BCUT2D eigenvalue weighted by atomic mass is 19.1. The minimum atomic E-state index is -0.594. The van der Waals surface area contributed by atoms with Crippen LogP contribution in [-0.4, -0.2) is 95.6 Å². The molecule has 2 aromatic heterocycles. The molecule has 9 heteroatoms. The van der Waals surface area contributed by atoms with E-state index < -0.39 is 11.8 Å². The summed E-state index contributed by atoms with van der Waals surface area (Å²) in [6.07, 6.45) is 4.24. The van der Waals surface area contributed by atoms with Crippen LogP contribution in [0.1, 0.15) is 75.1 Å². The molecule has 1 atom stereocenters. The largest absolute Gasteiger partial charge is 0.383 e. The van der Waals surface area contributed by atoms with Gasteiger partial charge in [0, 0.05) is 63.1 Å². The molecule has 3 aromatic rings. The molecule has 1 amide bonds. The van der Waals surface area contributed by atoms with E-state index in [1.807, 2.05) is 33.0 Å². The van der Waals surface area contributed by atoms with Gasteiger partial charge in [-0.1, -0.05) is 19.9 Å². The number of carbonyl (C=O) groups excluding carboxylic acids is 1. The van der Waals surface area contributed by atoms with Crippen molar-refractivity contribution in [3.05, 3.63) is 59.2 Å². The Morgan fingerprint density at radius 3 is 2.47 bits per heavy atom. The van der Waals surface area contributed by atoms with Gasteiger partial charge in [-0.05, 0) is 89.4 Å². The number of likely N-dealkylation sites (N-methyl/N-ethyl adjacent to an activating group) is 1. The van der Waals surface area contributed by atoms with E-state index in [1.165, 1.54) is 12.1 Å². The summed E-state index contributed by atoms with van der Waals surface area (Å²) in [7, 11) is 3.87. The van der Waals surface area contributed by atoms with E-state index in [-0.39, 0.29) is 23.4 Å².